The minimum absolute atomic E-state index is 0.0694. The summed E-state index contributed by atoms with van der Waals surface area (Å²) < 4.78 is 5.13. The highest BCUT2D eigenvalue weighted by atomic mass is 16.5. The van der Waals surface area contributed by atoms with Crippen molar-refractivity contribution in [1.82, 2.24) is 14.8 Å². The largest absolute Gasteiger partial charge is 0.481 e. The lowest BCUT2D eigenvalue weighted by atomic mass is 9.81. The van der Waals surface area contributed by atoms with Gasteiger partial charge >= 0.3 is 5.97 Å². The molecule has 2 aliphatic heterocycles. The highest BCUT2D eigenvalue weighted by Gasteiger charge is 2.58. The van der Waals surface area contributed by atoms with Crippen LogP contribution in [0, 0.1) is 18.3 Å². The zero-order valence-electron chi connectivity index (χ0n) is 16.2. The van der Waals surface area contributed by atoms with Crippen LogP contribution in [0.2, 0.25) is 0 Å². The standard InChI is InChI=1S/C21H25N3O4/c1-14-9-17(16-5-3-4-6-18(16)22-14)19(25)24-11-15-10-23(7-8-28-2)12-21(15,13-24)20(26)27/h3-6,9,15H,7-8,10-13H2,1-2H3,(H,26,27)/t15-,21-/m1/s1. The maximum atomic E-state index is 13.3. The van der Waals surface area contributed by atoms with Crippen LogP contribution in [0.1, 0.15) is 16.1 Å². The number of para-hydroxylation sites is 1. The molecule has 7 heteroatoms. The predicted octanol–water partition coefficient (Wildman–Crippen LogP) is 1.65. The molecule has 1 N–H and O–H groups in total. The number of likely N-dealkylation sites (tertiary alicyclic amines) is 2. The molecule has 0 unspecified atom stereocenters. The first-order chi connectivity index (χ1) is 13.4. The minimum Gasteiger partial charge on any atom is -0.481 e. The normalized spacial score (nSPS) is 24.6. The van der Waals surface area contributed by atoms with E-state index < -0.39 is 11.4 Å². The number of nitrogens with zero attached hydrogens (tertiary/aromatic N) is 3. The fraction of sp³-hybridized carbons (Fsp3) is 0.476. The number of hydrogen-bond donors (Lipinski definition) is 1. The molecular weight excluding hydrogens is 358 g/mol. The third kappa shape index (κ3) is 3.04. The zero-order valence-corrected chi connectivity index (χ0v) is 16.2. The van der Waals surface area contributed by atoms with E-state index in [1.807, 2.05) is 31.2 Å². The SMILES string of the molecule is COCCN1C[C@@H]2CN(C(=O)c3cc(C)nc4ccccc34)C[C@]2(C(=O)O)C1. The Morgan fingerprint density at radius 3 is 2.79 bits per heavy atom. The van der Waals surface area contributed by atoms with E-state index in [1.165, 1.54) is 0 Å². The molecule has 2 atom stereocenters. The first-order valence-corrected chi connectivity index (χ1v) is 9.55. The van der Waals surface area contributed by atoms with Crippen LogP contribution in [0.4, 0.5) is 0 Å². The van der Waals surface area contributed by atoms with Crippen molar-refractivity contribution < 1.29 is 19.4 Å². The smallest absolute Gasteiger partial charge is 0.313 e. The van der Waals surface area contributed by atoms with E-state index in [-0.39, 0.29) is 18.4 Å². The zero-order chi connectivity index (χ0) is 19.9. The van der Waals surface area contributed by atoms with E-state index >= 15 is 0 Å². The number of carbonyl (C=O) groups excluding carboxylic acids is 1. The van der Waals surface area contributed by atoms with Gasteiger partial charge in [0.1, 0.15) is 5.41 Å². The molecule has 2 fully saturated rings. The van der Waals surface area contributed by atoms with Gasteiger partial charge in [0.15, 0.2) is 0 Å². The molecule has 0 spiro atoms. The van der Waals surface area contributed by atoms with Crippen LogP contribution >= 0.6 is 0 Å². The van der Waals surface area contributed by atoms with Gasteiger partial charge in [0.05, 0.1) is 17.7 Å². The summed E-state index contributed by atoms with van der Waals surface area (Å²) in [6.07, 6.45) is 0. The molecule has 28 heavy (non-hydrogen) atoms. The Labute approximate surface area is 163 Å². The first kappa shape index (κ1) is 18.8. The molecule has 1 aromatic heterocycles. The van der Waals surface area contributed by atoms with Crippen LogP contribution in [0.25, 0.3) is 10.9 Å². The molecule has 0 saturated carbocycles. The van der Waals surface area contributed by atoms with E-state index in [0.29, 0.717) is 38.3 Å². The molecule has 148 valence electrons. The van der Waals surface area contributed by atoms with Gasteiger partial charge < -0.3 is 14.7 Å². The Morgan fingerprint density at radius 1 is 1.29 bits per heavy atom. The van der Waals surface area contributed by atoms with Crippen LogP contribution < -0.4 is 0 Å². The molecule has 4 rings (SSSR count). The number of aromatic nitrogens is 1. The number of carbonyl (C=O) groups is 2. The fourth-order valence-electron chi connectivity index (χ4n) is 4.67. The van der Waals surface area contributed by atoms with Crippen LogP contribution in [-0.2, 0) is 9.53 Å². The number of amides is 1. The number of methoxy groups -OCH3 is 1. The van der Waals surface area contributed by atoms with E-state index in [0.717, 1.165) is 16.6 Å². The van der Waals surface area contributed by atoms with Crippen molar-refractivity contribution in [1.29, 1.82) is 0 Å². The first-order valence-electron chi connectivity index (χ1n) is 9.55. The molecule has 0 radical (unpaired) electrons. The van der Waals surface area contributed by atoms with E-state index in [9.17, 15) is 14.7 Å². The molecule has 1 aromatic carbocycles. The van der Waals surface area contributed by atoms with Crippen molar-refractivity contribution in [2.24, 2.45) is 11.3 Å². The van der Waals surface area contributed by atoms with Gasteiger partial charge in [-0.15, -0.1) is 0 Å². The summed E-state index contributed by atoms with van der Waals surface area (Å²) in [4.78, 5) is 33.9. The number of hydrogen-bond acceptors (Lipinski definition) is 5. The van der Waals surface area contributed by atoms with Crippen LogP contribution in [0.15, 0.2) is 30.3 Å². The second-order valence-electron chi connectivity index (χ2n) is 7.90. The van der Waals surface area contributed by atoms with Crippen molar-refractivity contribution in [3.8, 4) is 0 Å². The maximum Gasteiger partial charge on any atom is 0.313 e. The summed E-state index contributed by atoms with van der Waals surface area (Å²) in [5.41, 5.74) is 1.25. The van der Waals surface area contributed by atoms with Gasteiger partial charge in [0.2, 0.25) is 0 Å². The Bertz CT molecular complexity index is 931. The quantitative estimate of drug-likeness (QED) is 0.845. The molecule has 0 aliphatic carbocycles. The van der Waals surface area contributed by atoms with E-state index in [4.69, 9.17) is 4.74 Å². The average molecular weight is 383 g/mol. The van der Waals surface area contributed by atoms with Gasteiger partial charge in [-0.05, 0) is 19.1 Å². The highest BCUT2D eigenvalue weighted by molar-refractivity contribution is 6.06. The van der Waals surface area contributed by atoms with Crippen molar-refractivity contribution in [3.63, 3.8) is 0 Å². The molecular formula is C21H25N3O4. The number of rotatable bonds is 5. The average Bonchev–Trinajstić information content (AvgIpc) is 3.20. The van der Waals surface area contributed by atoms with Gasteiger partial charge in [-0.3, -0.25) is 19.5 Å². The van der Waals surface area contributed by atoms with Gasteiger partial charge in [-0.2, -0.15) is 0 Å². The molecule has 2 saturated heterocycles. The van der Waals surface area contributed by atoms with Crippen molar-refractivity contribution >= 4 is 22.8 Å². The summed E-state index contributed by atoms with van der Waals surface area (Å²) >= 11 is 0. The Kier molecular flexibility index (Phi) is 4.81. The molecule has 0 bridgehead atoms. The number of ether oxygens (including phenoxy) is 1. The number of aliphatic carboxylic acids is 1. The second kappa shape index (κ2) is 7.14. The van der Waals surface area contributed by atoms with Crippen LogP contribution in [-0.4, -0.2) is 78.2 Å². The van der Waals surface area contributed by atoms with Gasteiger partial charge in [-0.1, -0.05) is 18.2 Å². The lowest BCUT2D eigenvalue weighted by molar-refractivity contribution is -0.148. The lowest BCUT2D eigenvalue weighted by Crippen LogP contribution is -2.42. The Hall–Kier alpha value is -2.51. The topological polar surface area (TPSA) is 83.0 Å². The molecule has 2 aromatic rings. The summed E-state index contributed by atoms with van der Waals surface area (Å²) in [7, 11) is 1.64. The van der Waals surface area contributed by atoms with Crippen molar-refractivity contribution in [2.75, 3.05) is 46.4 Å². The molecule has 3 heterocycles. The lowest BCUT2D eigenvalue weighted by Gasteiger charge is -2.25. The highest BCUT2D eigenvalue weighted by Crippen LogP contribution is 2.43. The van der Waals surface area contributed by atoms with Gasteiger partial charge in [0.25, 0.3) is 5.91 Å². The second-order valence-corrected chi connectivity index (χ2v) is 7.90. The van der Waals surface area contributed by atoms with E-state index in [2.05, 4.69) is 9.88 Å². The number of carboxylic acid groups (broad SMARTS) is 1. The number of pyridine rings is 1. The van der Waals surface area contributed by atoms with Gasteiger partial charge in [0, 0.05) is 56.8 Å². The van der Waals surface area contributed by atoms with Crippen LogP contribution in [0.5, 0.6) is 0 Å². The van der Waals surface area contributed by atoms with Crippen LogP contribution in [0.3, 0.4) is 0 Å². The number of aryl methyl sites for hydroxylation is 1. The Morgan fingerprint density at radius 2 is 2.07 bits per heavy atom. The molecule has 2 aliphatic rings. The molecule has 1 amide bonds. The number of carboxylic acids is 1. The number of benzene rings is 1. The third-order valence-corrected chi connectivity index (χ3v) is 6.08. The van der Waals surface area contributed by atoms with Crippen molar-refractivity contribution in [2.45, 2.75) is 6.92 Å². The summed E-state index contributed by atoms with van der Waals surface area (Å²) in [5.74, 6) is -0.997. The van der Waals surface area contributed by atoms with Crippen molar-refractivity contribution in [3.05, 3.63) is 41.6 Å². The number of fused-ring (bicyclic) bond motifs is 2. The fourth-order valence-corrected chi connectivity index (χ4v) is 4.67. The third-order valence-electron chi connectivity index (χ3n) is 6.08. The summed E-state index contributed by atoms with van der Waals surface area (Å²) in [6, 6.07) is 9.38. The summed E-state index contributed by atoms with van der Waals surface area (Å²) in [6.45, 7) is 4.99. The maximum absolute atomic E-state index is 13.3. The van der Waals surface area contributed by atoms with E-state index in [1.54, 1.807) is 18.1 Å². The minimum atomic E-state index is -0.902. The predicted molar refractivity (Wildman–Crippen MR) is 104 cm³/mol. The summed E-state index contributed by atoms with van der Waals surface area (Å²) in [5, 5.41) is 10.8. The van der Waals surface area contributed by atoms with Gasteiger partial charge in [-0.25, -0.2) is 0 Å². The molecule has 7 nitrogen and oxygen atoms in total. The monoisotopic (exact) mass is 383 g/mol. The Balaban J connectivity index is 1.61.